The summed E-state index contributed by atoms with van der Waals surface area (Å²) in [4.78, 5) is 14.3. The molecule has 3 heterocycles. The number of nitrogens with zero attached hydrogens (tertiary/aromatic N) is 3. The molecule has 0 spiro atoms. The van der Waals surface area contributed by atoms with E-state index in [0.717, 1.165) is 68.4 Å². The van der Waals surface area contributed by atoms with E-state index >= 15 is 0 Å². The summed E-state index contributed by atoms with van der Waals surface area (Å²) in [6.07, 6.45) is 11.8. The molecule has 0 atom stereocenters. The fourth-order valence-electron chi connectivity index (χ4n) is 5.14. The molecule has 0 aromatic carbocycles. The van der Waals surface area contributed by atoms with Crippen LogP contribution in [-0.2, 0) is 0 Å². The normalized spacial score (nSPS) is 30.1. The zero-order valence-corrected chi connectivity index (χ0v) is 17.8. The average Bonchev–Trinajstić information content (AvgIpc) is 2.74. The van der Waals surface area contributed by atoms with Crippen LogP contribution in [0, 0.1) is 5.92 Å². The second kappa shape index (κ2) is 8.63. The van der Waals surface area contributed by atoms with E-state index in [2.05, 4.69) is 22.5 Å². The number of hydrogen-bond acceptors (Lipinski definition) is 7. The molecule has 162 valence electrons. The van der Waals surface area contributed by atoms with E-state index in [9.17, 15) is 5.11 Å². The molecule has 2 aromatic rings. The summed E-state index contributed by atoms with van der Waals surface area (Å²) in [6.45, 7) is 4.25. The van der Waals surface area contributed by atoms with Crippen molar-refractivity contribution < 1.29 is 9.84 Å². The van der Waals surface area contributed by atoms with Crippen LogP contribution < -0.4 is 15.4 Å². The molecular formula is C23H33N5O2. The zero-order valence-electron chi connectivity index (χ0n) is 17.8. The quantitative estimate of drug-likeness (QED) is 0.694. The molecule has 0 radical (unpaired) electrons. The van der Waals surface area contributed by atoms with Gasteiger partial charge in [0.1, 0.15) is 6.10 Å². The van der Waals surface area contributed by atoms with Gasteiger partial charge in [-0.3, -0.25) is 0 Å². The second-order valence-electron chi connectivity index (χ2n) is 9.47. The number of pyridine rings is 1. The average molecular weight is 412 g/mol. The number of hydrogen-bond donors (Lipinski definition) is 3. The molecular weight excluding hydrogens is 378 g/mol. The minimum Gasteiger partial charge on any atom is -0.474 e. The summed E-state index contributed by atoms with van der Waals surface area (Å²) in [7, 11) is 0. The zero-order chi connectivity index (χ0) is 20.5. The molecule has 3 aliphatic rings. The van der Waals surface area contributed by atoms with Gasteiger partial charge in [-0.1, -0.05) is 6.92 Å². The van der Waals surface area contributed by atoms with Crippen molar-refractivity contribution in [3.8, 4) is 5.88 Å². The summed E-state index contributed by atoms with van der Waals surface area (Å²) < 4.78 is 6.30. The third kappa shape index (κ3) is 4.23. The first-order chi connectivity index (χ1) is 14.7. The Morgan fingerprint density at radius 3 is 2.53 bits per heavy atom. The van der Waals surface area contributed by atoms with Crippen molar-refractivity contribution >= 4 is 16.9 Å². The molecule has 2 saturated carbocycles. The van der Waals surface area contributed by atoms with Crippen LogP contribution in [-0.4, -0.2) is 51.4 Å². The first kappa shape index (κ1) is 19.9. The highest BCUT2D eigenvalue weighted by Gasteiger charge is 2.28. The first-order valence-corrected chi connectivity index (χ1v) is 11.6. The van der Waals surface area contributed by atoms with Crippen LogP contribution in [0.2, 0.25) is 0 Å². The summed E-state index contributed by atoms with van der Waals surface area (Å²) in [5, 5.41) is 17.7. The molecule has 2 aromatic heterocycles. The van der Waals surface area contributed by atoms with Gasteiger partial charge in [0, 0.05) is 24.0 Å². The summed E-state index contributed by atoms with van der Waals surface area (Å²) in [5.74, 6) is 2.51. The SMILES string of the molecule is CC1CC(Nc2ncc3c(OC4CCNCC4)ncc([C@H]4CC[C@H](O)CC4)c3n2)C1. The lowest BCUT2D eigenvalue weighted by Gasteiger charge is -2.33. The first-order valence-electron chi connectivity index (χ1n) is 11.6. The van der Waals surface area contributed by atoms with Crippen molar-refractivity contribution in [2.24, 2.45) is 5.92 Å². The summed E-state index contributed by atoms with van der Waals surface area (Å²) in [6, 6.07) is 0.470. The van der Waals surface area contributed by atoms with Crippen LogP contribution in [0.3, 0.4) is 0 Å². The Kier molecular flexibility index (Phi) is 5.74. The monoisotopic (exact) mass is 411 g/mol. The standard InChI is InChI=1S/C23H33N5O2/c1-14-10-16(11-14)27-23-26-13-20-21(28-23)19(15-2-4-17(29)5-3-15)12-25-22(20)30-18-6-8-24-9-7-18/h12-18,24,29H,2-11H2,1H3,(H,26,27,28)/t14?,15-,16?,17-. The van der Waals surface area contributed by atoms with Gasteiger partial charge in [-0.15, -0.1) is 0 Å². The molecule has 0 unspecified atom stereocenters. The van der Waals surface area contributed by atoms with Crippen LogP contribution in [0.1, 0.15) is 69.8 Å². The van der Waals surface area contributed by atoms with E-state index in [1.165, 1.54) is 18.4 Å². The fourth-order valence-corrected chi connectivity index (χ4v) is 5.14. The van der Waals surface area contributed by atoms with Crippen molar-refractivity contribution in [2.45, 2.75) is 82.5 Å². The van der Waals surface area contributed by atoms with E-state index in [0.29, 0.717) is 23.8 Å². The summed E-state index contributed by atoms with van der Waals surface area (Å²) >= 11 is 0. The predicted octanol–water partition coefficient (Wildman–Crippen LogP) is 3.38. The lowest BCUT2D eigenvalue weighted by atomic mass is 9.82. The van der Waals surface area contributed by atoms with Gasteiger partial charge in [0.25, 0.3) is 0 Å². The predicted molar refractivity (Wildman–Crippen MR) is 117 cm³/mol. The maximum atomic E-state index is 9.94. The molecule has 7 heteroatoms. The van der Waals surface area contributed by atoms with E-state index in [-0.39, 0.29) is 12.2 Å². The van der Waals surface area contributed by atoms with E-state index in [4.69, 9.17) is 14.7 Å². The van der Waals surface area contributed by atoms with Crippen molar-refractivity contribution in [1.29, 1.82) is 0 Å². The minimum absolute atomic E-state index is 0.171. The lowest BCUT2D eigenvalue weighted by molar-refractivity contribution is 0.122. The van der Waals surface area contributed by atoms with Crippen molar-refractivity contribution in [1.82, 2.24) is 20.3 Å². The molecule has 1 aliphatic heterocycles. The molecule has 0 bridgehead atoms. The van der Waals surface area contributed by atoms with Gasteiger partial charge in [0.15, 0.2) is 0 Å². The molecule has 7 nitrogen and oxygen atoms in total. The van der Waals surface area contributed by atoms with Crippen LogP contribution in [0.15, 0.2) is 12.4 Å². The van der Waals surface area contributed by atoms with E-state index in [1.807, 2.05) is 12.4 Å². The van der Waals surface area contributed by atoms with Crippen LogP contribution in [0.4, 0.5) is 5.95 Å². The maximum absolute atomic E-state index is 9.94. The van der Waals surface area contributed by atoms with Gasteiger partial charge in [-0.25, -0.2) is 15.0 Å². The Labute approximate surface area is 178 Å². The van der Waals surface area contributed by atoms with Gasteiger partial charge in [-0.05, 0) is 76.3 Å². The number of fused-ring (bicyclic) bond motifs is 1. The molecule has 5 rings (SSSR count). The highest BCUT2D eigenvalue weighted by Crippen LogP contribution is 2.38. The highest BCUT2D eigenvalue weighted by atomic mass is 16.5. The molecule has 3 fully saturated rings. The van der Waals surface area contributed by atoms with E-state index < -0.39 is 0 Å². The Bertz CT molecular complexity index is 871. The third-order valence-corrected chi connectivity index (χ3v) is 7.02. The number of aromatic nitrogens is 3. The van der Waals surface area contributed by atoms with Crippen molar-refractivity contribution in [2.75, 3.05) is 18.4 Å². The largest absolute Gasteiger partial charge is 0.474 e. The third-order valence-electron chi connectivity index (χ3n) is 7.02. The molecule has 0 amide bonds. The lowest BCUT2D eigenvalue weighted by Crippen LogP contribution is -2.34. The number of aliphatic hydroxyl groups excluding tert-OH is 1. The van der Waals surface area contributed by atoms with Crippen molar-refractivity contribution in [3.05, 3.63) is 18.0 Å². The second-order valence-corrected chi connectivity index (χ2v) is 9.47. The van der Waals surface area contributed by atoms with Gasteiger partial charge < -0.3 is 20.5 Å². The topological polar surface area (TPSA) is 92.2 Å². The maximum Gasteiger partial charge on any atom is 0.224 e. The Morgan fingerprint density at radius 1 is 1.03 bits per heavy atom. The molecule has 30 heavy (non-hydrogen) atoms. The van der Waals surface area contributed by atoms with Gasteiger partial charge in [0.05, 0.1) is 17.0 Å². The minimum atomic E-state index is -0.171. The molecule has 2 aliphatic carbocycles. The van der Waals surface area contributed by atoms with Crippen LogP contribution >= 0.6 is 0 Å². The Balaban J connectivity index is 1.46. The van der Waals surface area contributed by atoms with Crippen LogP contribution in [0.25, 0.3) is 10.9 Å². The van der Waals surface area contributed by atoms with Gasteiger partial charge in [-0.2, -0.15) is 0 Å². The number of ether oxygens (including phenoxy) is 1. The number of rotatable bonds is 5. The number of anilines is 1. The Hall–Kier alpha value is -1.99. The van der Waals surface area contributed by atoms with Crippen molar-refractivity contribution in [3.63, 3.8) is 0 Å². The van der Waals surface area contributed by atoms with Gasteiger partial charge in [0.2, 0.25) is 11.8 Å². The molecule has 3 N–H and O–H groups in total. The summed E-state index contributed by atoms with van der Waals surface area (Å²) in [5.41, 5.74) is 2.13. The Morgan fingerprint density at radius 2 is 1.80 bits per heavy atom. The number of nitrogens with one attached hydrogen (secondary N) is 2. The van der Waals surface area contributed by atoms with Gasteiger partial charge >= 0.3 is 0 Å². The smallest absolute Gasteiger partial charge is 0.224 e. The van der Waals surface area contributed by atoms with E-state index in [1.54, 1.807) is 0 Å². The highest BCUT2D eigenvalue weighted by molar-refractivity contribution is 5.86. The molecule has 1 saturated heterocycles. The number of aliphatic hydroxyl groups is 1. The number of piperidine rings is 1. The fraction of sp³-hybridized carbons (Fsp3) is 0.696. The van der Waals surface area contributed by atoms with Crippen LogP contribution in [0.5, 0.6) is 5.88 Å².